The third-order valence-corrected chi connectivity index (χ3v) is 3.26. The smallest absolute Gasteiger partial charge is 0.305 e. The SMILES string of the molecule is CCCCC(=O)Nc1nc(C)c(Cl)c(C)c1[N+](=O)[O-]. The number of hydrogen-bond donors (Lipinski definition) is 1. The molecule has 0 saturated heterocycles. The Hall–Kier alpha value is -1.69. The quantitative estimate of drug-likeness (QED) is 0.664. The fourth-order valence-electron chi connectivity index (χ4n) is 1.67. The van der Waals surface area contributed by atoms with E-state index < -0.39 is 4.92 Å². The summed E-state index contributed by atoms with van der Waals surface area (Å²) in [5.41, 5.74) is 0.515. The second kappa shape index (κ2) is 6.47. The molecule has 1 aromatic heterocycles. The Morgan fingerprint density at radius 1 is 1.47 bits per heavy atom. The molecule has 1 rings (SSSR count). The molecular weight excluding hydrogens is 270 g/mol. The highest BCUT2D eigenvalue weighted by atomic mass is 35.5. The summed E-state index contributed by atoms with van der Waals surface area (Å²) in [4.78, 5) is 26.1. The summed E-state index contributed by atoms with van der Waals surface area (Å²) in [5, 5.41) is 13.8. The van der Waals surface area contributed by atoms with Gasteiger partial charge in [0, 0.05) is 6.42 Å². The molecule has 6 nitrogen and oxygen atoms in total. The molecule has 104 valence electrons. The van der Waals surface area contributed by atoms with Gasteiger partial charge in [0.1, 0.15) is 0 Å². The van der Waals surface area contributed by atoms with Gasteiger partial charge in [0.25, 0.3) is 0 Å². The van der Waals surface area contributed by atoms with Crippen LogP contribution in [0.5, 0.6) is 0 Å². The first kappa shape index (κ1) is 15.4. The number of nitrogens with one attached hydrogen (secondary N) is 1. The maximum atomic E-state index is 11.6. The van der Waals surface area contributed by atoms with E-state index in [1.54, 1.807) is 6.92 Å². The van der Waals surface area contributed by atoms with Gasteiger partial charge >= 0.3 is 5.69 Å². The lowest BCUT2D eigenvalue weighted by Crippen LogP contribution is -2.15. The van der Waals surface area contributed by atoms with E-state index in [1.165, 1.54) is 6.92 Å². The molecule has 0 aliphatic rings. The van der Waals surface area contributed by atoms with Crippen molar-refractivity contribution in [1.82, 2.24) is 4.98 Å². The average molecular weight is 286 g/mol. The number of carbonyl (C=O) groups is 1. The van der Waals surface area contributed by atoms with E-state index in [2.05, 4.69) is 10.3 Å². The fraction of sp³-hybridized carbons (Fsp3) is 0.500. The number of aryl methyl sites for hydroxylation is 1. The lowest BCUT2D eigenvalue weighted by molar-refractivity contribution is -0.384. The van der Waals surface area contributed by atoms with Crippen LogP contribution in [0.1, 0.15) is 37.4 Å². The molecular formula is C12H16ClN3O3. The van der Waals surface area contributed by atoms with Gasteiger partial charge in [0.05, 0.1) is 21.2 Å². The van der Waals surface area contributed by atoms with Crippen molar-refractivity contribution < 1.29 is 9.72 Å². The molecule has 0 unspecified atom stereocenters. The minimum Gasteiger partial charge on any atom is -0.305 e. The number of hydrogen-bond acceptors (Lipinski definition) is 4. The maximum Gasteiger partial charge on any atom is 0.316 e. The molecule has 0 aliphatic heterocycles. The van der Waals surface area contributed by atoms with Gasteiger partial charge < -0.3 is 5.32 Å². The summed E-state index contributed by atoms with van der Waals surface area (Å²) in [7, 11) is 0. The molecule has 0 aliphatic carbocycles. The number of nitrogens with zero attached hydrogens (tertiary/aromatic N) is 2. The Bertz CT molecular complexity index is 517. The maximum absolute atomic E-state index is 11.6. The Morgan fingerprint density at radius 3 is 2.63 bits per heavy atom. The normalized spacial score (nSPS) is 10.3. The molecule has 1 heterocycles. The number of nitro groups is 1. The van der Waals surface area contributed by atoms with Gasteiger partial charge in [-0.05, 0) is 20.3 Å². The number of aromatic nitrogens is 1. The predicted octanol–water partition coefficient (Wildman–Crippen LogP) is 3.39. The topological polar surface area (TPSA) is 85.1 Å². The van der Waals surface area contributed by atoms with Crippen molar-refractivity contribution in [3.63, 3.8) is 0 Å². The largest absolute Gasteiger partial charge is 0.316 e. The highest BCUT2D eigenvalue weighted by Crippen LogP contribution is 2.33. The summed E-state index contributed by atoms with van der Waals surface area (Å²) >= 11 is 5.94. The van der Waals surface area contributed by atoms with Crippen LogP contribution in [-0.2, 0) is 4.79 Å². The highest BCUT2D eigenvalue weighted by Gasteiger charge is 2.24. The number of rotatable bonds is 5. The standard InChI is InChI=1S/C12H16ClN3O3/c1-4-5-6-9(17)15-12-11(16(18)19)7(2)10(13)8(3)14-12/h4-6H2,1-3H3,(H,14,15,17). The number of unbranched alkanes of at least 4 members (excludes halogenated alkanes) is 1. The molecule has 1 aromatic rings. The molecule has 0 radical (unpaired) electrons. The van der Waals surface area contributed by atoms with Crippen molar-refractivity contribution in [3.8, 4) is 0 Å². The average Bonchev–Trinajstić information content (AvgIpc) is 2.33. The second-order valence-electron chi connectivity index (χ2n) is 4.24. The van der Waals surface area contributed by atoms with Crippen LogP contribution < -0.4 is 5.32 Å². The van der Waals surface area contributed by atoms with Crippen LogP contribution in [0.2, 0.25) is 5.02 Å². The number of pyridine rings is 1. The van der Waals surface area contributed by atoms with Gasteiger partial charge in [-0.2, -0.15) is 0 Å². The van der Waals surface area contributed by atoms with Crippen molar-refractivity contribution in [2.45, 2.75) is 40.0 Å². The summed E-state index contributed by atoms with van der Waals surface area (Å²) in [6.45, 7) is 5.14. The molecule has 0 aromatic carbocycles. The van der Waals surface area contributed by atoms with Crippen LogP contribution in [0.4, 0.5) is 11.5 Å². The van der Waals surface area contributed by atoms with Gasteiger partial charge in [-0.25, -0.2) is 4.98 Å². The van der Waals surface area contributed by atoms with Crippen LogP contribution in [-0.4, -0.2) is 15.8 Å². The highest BCUT2D eigenvalue weighted by molar-refractivity contribution is 6.32. The van der Waals surface area contributed by atoms with Crippen LogP contribution in [0, 0.1) is 24.0 Å². The van der Waals surface area contributed by atoms with E-state index >= 15 is 0 Å². The number of halogens is 1. The zero-order valence-electron chi connectivity index (χ0n) is 11.1. The molecule has 0 saturated carbocycles. The summed E-state index contributed by atoms with van der Waals surface area (Å²) in [6, 6.07) is 0. The lowest BCUT2D eigenvalue weighted by atomic mass is 10.2. The van der Waals surface area contributed by atoms with Gasteiger partial charge in [-0.15, -0.1) is 0 Å². The van der Waals surface area contributed by atoms with Crippen LogP contribution >= 0.6 is 11.6 Å². The number of anilines is 1. The predicted molar refractivity (Wildman–Crippen MR) is 73.5 cm³/mol. The van der Waals surface area contributed by atoms with Crippen LogP contribution in [0.15, 0.2) is 0 Å². The van der Waals surface area contributed by atoms with E-state index in [0.717, 1.165) is 12.8 Å². The zero-order valence-corrected chi connectivity index (χ0v) is 11.9. The van der Waals surface area contributed by atoms with Gasteiger partial charge in [-0.3, -0.25) is 14.9 Å². The third kappa shape index (κ3) is 3.64. The number of amides is 1. The molecule has 7 heteroatoms. The molecule has 19 heavy (non-hydrogen) atoms. The van der Waals surface area contributed by atoms with E-state index in [9.17, 15) is 14.9 Å². The van der Waals surface area contributed by atoms with E-state index in [1.807, 2.05) is 6.92 Å². The van der Waals surface area contributed by atoms with Crippen molar-refractivity contribution in [2.24, 2.45) is 0 Å². The molecule has 0 spiro atoms. The van der Waals surface area contributed by atoms with E-state index in [4.69, 9.17) is 11.6 Å². The van der Waals surface area contributed by atoms with Crippen LogP contribution in [0.25, 0.3) is 0 Å². The van der Waals surface area contributed by atoms with E-state index in [0.29, 0.717) is 17.7 Å². The Morgan fingerprint density at radius 2 is 2.11 bits per heavy atom. The Labute approximate surface area is 116 Å². The lowest BCUT2D eigenvalue weighted by Gasteiger charge is -2.09. The third-order valence-electron chi connectivity index (χ3n) is 2.70. The molecule has 0 bridgehead atoms. The van der Waals surface area contributed by atoms with Crippen molar-refractivity contribution in [3.05, 3.63) is 26.4 Å². The second-order valence-corrected chi connectivity index (χ2v) is 4.62. The summed E-state index contributed by atoms with van der Waals surface area (Å²) in [6.07, 6.45) is 1.92. The first-order valence-corrected chi connectivity index (χ1v) is 6.37. The number of carbonyl (C=O) groups excluding carboxylic acids is 1. The minimum atomic E-state index is -0.580. The van der Waals surface area contributed by atoms with Crippen molar-refractivity contribution >= 4 is 29.0 Å². The molecule has 1 N–H and O–H groups in total. The summed E-state index contributed by atoms with van der Waals surface area (Å²) in [5.74, 6) is -0.316. The van der Waals surface area contributed by atoms with Crippen LogP contribution in [0.3, 0.4) is 0 Å². The van der Waals surface area contributed by atoms with Gasteiger partial charge in [0.2, 0.25) is 11.7 Å². The molecule has 0 fully saturated rings. The first-order chi connectivity index (χ1) is 8.88. The van der Waals surface area contributed by atoms with Gasteiger partial charge in [-0.1, -0.05) is 24.9 Å². The Balaban J connectivity index is 3.12. The molecule has 1 amide bonds. The monoisotopic (exact) mass is 285 g/mol. The van der Waals surface area contributed by atoms with E-state index in [-0.39, 0.29) is 22.4 Å². The molecule has 0 atom stereocenters. The minimum absolute atomic E-state index is 0.0366. The van der Waals surface area contributed by atoms with Crippen molar-refractivity contribution in [1.29, 1.82) is 0 Å². The van der Waals surface area contributed by atoms with Crippen molar-refractivity contribution in [2.75, 3.05) is 5.32 Å². The van der Waals surface area contributed by atoms with Gasteiger partial charge in [0.15, 0.2) is 0 Å². The summed E-state index contributed by atoms with van der Waals surface area (Å²) < 4.78 is 0. The zero-order chi connectivity index (χ0) is 14.6. The Kier molecular flexibility index (Phi) is 5.23. The first-order valence-electron chi connectivity index (χ1n) is 5.99. The fourth-order valence-corrected chi connectivity index (χ4v) is 1.80.